The molecule has 0 saturated carbocycles. The van der Waals surface area contributed by atoms with Crippen LogP contribution in [0.25, 0.3) is 0 Å². The van der Waals surface area contributed by atoms with Crippen LogP contribution in [-0.4, -0.2) is 19.3 Å². The summed E-state index contributed by atoms with van der Waals surface area (Å²) in [6.45, 7) is 3.52. The number of para-hydroxylation sites is 1. The van der Waals surface area contributed by atoms with E-state index in [4.69, 9.17) is 14.2 Å². The molecule has 2 N–H and O–H groups in total. The fourth-order valence-electron chi connectivity index (χ4n) is 3.16. The molecule has 0 aromatic heterocycles. The molecular formula is C24H24N2O4. The molecule has 3 aromatic carbocycles. The highest BCUT2D eigenvalue weighted by molar-refractivity contribution is 5.91. The summed E-state index contributed by atoms with van der Waals surface area (Å²) in [7, 11) is 0. The second kappa shape index (κ2) is 9.33. The van der Waals surface area contributed by atoms with Crippen LogP contribution >= 0.6 is 0 Å². The number of benzene rings is 3. The van der Waals surface area contributed by atoms with Gasteiger partial charge < -0.3 is 24.8 Å². The lowest BCUT2D eigenvalue weighted by atomic mass is 10.1. The highest BCUT2D eigenvalue weighted by Crippen LogP contribution is 2.32. The van der Waals surface area contributed by atoms with Gasteiger partial charge in [-0.3, -0.25) is 4.79 Å². The van der Waals surface area contributed by atoms with Crippen LogP contribution in [0.5, 0.6) is 17.2 Å². The Hall–Kier alpha value is -3.51. The van der Waals surface area contributed by atoms with Crippen molar-refractivity contribution in [3.8, 4) is 17.2 Å². The zero-order valence-corrected chi connectivity index (χ0v) is 16.8. The highest BCUT2D eigenvalue weighted by Gasteiger charge is 2.13. The summed E-state index contributed by atoms with van der Waals surface area (Å²) in [6, 6.07) is 21.3. The van der Waals surface area contributed by atoms with Gasteiger partial charge in [-0.1, -0.05) is 42.0 Å². The molecule has 0 fully saturated rings. The van der Waals surface area contributed by atoms with E-state index in [1.54, 1.807) is 0 Å². The molecule has 6 heteroatoms. The van der Waals surface area contributed by atoms with Crippen molar-refractivity contribution in [2.24, 2.45) is 0 Å². The monoisotopic (exact) mass is 404 g/mol. The largest absolute Gasteiger partial charge is 0.483 e. The van der Waals surface area contributed by atoms with Gasteiger partial charge in [-0.25, -0.2) is 0 Å². The normalized spacial score (nSPS) is 11.9. The first kappa shape index (κ1) is 19.8. The molecule has 1 aliphatic heterocycles. The van der Waals surface area contributed by atoms with Gasteiger partial charge in [0.05, 0.1) is 0 Å². The number of carbonyl (C=O) groups excluding carboxylic acids is 1. The Morgan fingerprint density at radius 2 is 1.77 bits per heavy atom. The SMILES string of the molecule is Cc1ccc(NC(=O)COc2ccccc2CNCc2ccc3c(c2)OCO3)cc1. The van der Waals surface area contributed by atoms with Crippen LogP contribution < -0.4 is 24.8 Å². The van der Waals surface area contributed by atoms with Gasteiger partial charge in [0.2, 0.25) is 6.79 Å². The molecule has 3 aromatic rings. The van der Waals surface area contributed by atoms with Crippen LogP contribution in [0.1, 0.15) is 16.7 Å². The van der Waals surface area contributed by atoms with Crippen LogP contribution in [0.3, 0.4) is 0 Å². The van der Waals surface area contributed by atoms with E-state index >= 15 is 0 Å². The lowest BCUT2D eigenvalue weighted by Crippen LogP contribution is -2.21. The minimum atomic E-state index is -0.193. The molecule has 0 unspecified atom stereocenters. The molecule has 0 radical (unpaired) electrons. The van der Waals surface area contributed by atoms with Gasteiger partial charge in [0.1, 0.15) is 5.75 Å². The second-order valence-corrected chi connectivity index (χ2v) is 7.10. The lowest BCUT2D eigenvalue weighted by molar-refractivity contribution is -0.118. The Labute approximate surface area is 175 Å². The van der Waals surface area contributed by atoms with Crippen LogP contribution in [-0.2, 0) is 17.9 Å². The van der Waals surface area contributed by atoms with E-state index in [2.05, 4.69) is 10.6 Å². The number of aryl methyl sites for hydroxylation is 1. The lowest BCUT2D eigenvalue weighted by Gasteiger charge is -2.13. The molecule has 154 valence electrons. The average Bonchev–Trinajstić information content (AvgIpc) is 3.23. The number of hydrogen-bond donors (Lipinski definition) is 2. The number of amides is 1. The molecule has 30 heavy (non-hydrogen) atoms. The number of anilines is 1. The first-order valence-electron chi connectivity index (χ1n) is 9.84. The summed E-state index contributed by atoms with van der Waals surface area (Å²) in [5.41, 5.74) is 4.00. The molecule has 0 saturated heterocycles. The first-order valence-corrected chi connectivity index (χ1v) is 9.84. The number of nitrogens with one attached hydrogen (secondary N) is 2. The zero-order valence-electron chi connectivity index (χ0n) is 16.8. The Bertz CT molecular complexity index is 1020. The van der Waals surface area contributed by atoms with Crippen molar-refractivity contribution in [2.75, 3.05) is 18.7 Å². The minimum absolute atomic E-state index is 0.0486. The van der Waals surface area contributed by atoms with Gasteiger partial charge in [0.25, 0.3) is 5.91 Å². The van der Waals surface area contributed by atoms with Crippen molar-refractivity contribution >= 4 is 11.6 Å². The maximum absolute atomic E-state index is 12.2. The summed E-state index contributed by atoms with van der Waals surface area (Å²) in [5, 5.41) is 6.25. The number of ether oxygens (including phenoxy) is 3. The van der Waals surface area contributed by atoms with Crippen molar-refractivity contribution in [1.82, 2.24) is 5.32 Å². The number of fused-ring (bicyclic) bond motifs is 1. The fraction of sp³-hybridized carbons (Fsp3) is 0.208. The number of rotatable bonds is 8. The Balaban J connectivity index is 1.29. The predicted molar refractivity (Wildman–Crippen MR) is 115 cm³/mol. The van der Waals surface area contributed by atoms with Gasteiger partial charge in [-0.05, 0) is 42.8 Å². The van der Waals surface area contributed by atoms with Crippen molar-refractivity contribution in [1.29, 1.82) is 0 Å². The first-order chi connectivity index (χ1) is 14.7. The minimum Gasteiger partial charge on any atom is -0.483 e. The van der Waals surface area contributed by atoms with Crippen LogP contribution in [0.15, 0.2) is 66.7 Å². The van der Waals surface area contributed by atoms with E-state index < -0.39 is 0 Å². The maximum atomic E-state index is 12.2. The third kappa shape index (κ3) is 5.10. The van der Waals surface area contributed by atoms with E-state index in [1.165, 1.54) is 0 Å². The van der Waals surface area contributed by atoms with Crippen LogP contribution in [0.2, 0.25) is 0 Å². The standard InChI is InChI=1S/C24H24N2O4/c1-17-6-9-20(10-7-17)26-24(27)15-28-21-5-3-2-4-19(21)14-25-13-18-8-11-22-23(12-18)30-16-29-22/h2-12,25H,13-16H2,1H3,(H,26,27). The number of hydrogen-bond acceptors (Lipinski definition) is 5. The molecular weight excluding hydrogens is 380 g/mol. The third-order valence-corrected chi connectivity index (χ3v) is 4.75. The zero-order chi connectivity index (χ0) is 20.8. The summed E-state index contributed by atoms with van der Waals surface area (Å²) >= 11 is 0. The fourth-order valence-corrected chi connectivity index (χ4v) is 3.16. The number of carbonyl (C=O) groups is 1. The van der Waals surface area contributed by atoms with E-state index in [0.29, 0.717) is 18.8 Å². The average molecular weight is 404 g/mol. The van der Waals surface area contributed by atoms with E-state index in [1.807, 2.05) is 73.7 Å². The second-order valence-electron chi connectivity index (χ2n) is 7.10. The van der Waals surface area contributed by atoms with Crippen LogP contribution in [0, 0.1) is 6.92 Å². The topological polar surface area (TPSA) is 68.8 Å². The van der Waals surface area contributed by atoms with Gasteiger partial charge >= 0.3 is 0 Å². The maximum Gasteiger partial charge on any atom is 0.262 e. The van der Waals surface area contributed by atoms with Gasteiger partial charge in [0.15, 0.2) is 18.1 Å². The van der Waals surface area contributed by atoms with Gasteiger partial charge in [-0.15, -0.1) is 0 Å². The van der Waals surface area contributed by atoms with Crippen molar-refractivity contribution in [3.63, 3.8) is 0 Å². The molecule has 1 heterocycles. The quantitative estimate of drug-likeness (QED) is 0.593. The predicted octanol–water partition coefficient (Wildman–Crippen LogP) is 4.03. The molecule has 0 aliphatic carbocycles. The summed E-state index contributed by atoms with van der Waals surface area (Å²) < 4.78 is 16.5. The third-order valence-electron chi connectivity index (χ3n) is 4.75. The smallest absolute Gasteiger partial charge is 0.262 e. The summed E-state index contributed by atoms with van der Waals surface area (Å²) in [4.78, 5) is 12.2. The molecule has 6 nitrogen and oxygen atoms in total. The molecule has 0 spiro atoms. The van der Waals surface area contributed by atoms with E-state index in [-0.39, 0.29) is 19.3 Å². The van der Waals surface area contributed by atoms with Crippen molar-refractivity contribution < 1.29 is 19.0 Å². The van der Waals surface area contributed by atoms with Crippen molar-refractivity contribution in [2.45, 2.75) is 20.0 Å². The summed E-state index contributed by atoms with van der Waals surface area (Å²) in [6.07, 6.45) is 0. The Kier molecular flexibility index (Phi) is 6.15. The molecule has 0 atom stereocenters. The van der Waals surface area contributed by atoms with E-state index in [0.717, 1.165) is 33.9 Å². The van der Waals surface area contributed by atoms with E-state index in [9.17, 15) is 4.79 Å². The molecule has 1 amide bonds. The highest BCUT2D eigenvalue weighted by atomic mass is 16.7. The molecule has 4 rings (SSSR count). The Morgan fingerprint density at radius 1 is 0.967 bits per heavy atom. The Morgan fingerprint density at radius 3 is 2.63 bits per heavy atom. The van der Waals surface area contributed by atoms with Gasteiger partial charge in [-0.2, -0.15) is 0 Å². The molecule has 0 bridgehead atoms. The van der Waals surface area contributed by atoms with Crippen LogP contribution in [0.4, 0.5) is 5.69 Å². The van der Waals surface area contributed by atoms with Gasteiger partial charge in [0, 0.05) is 24.3 Å². The summed E-state index contributed by atoms with van der Waals surface area (Å²) in [5.74, 6) is 2.05. The molecule has 1 aliphatic rings. The van der Waals surface area contributed by atoms with Crippen molar-refractivity contribution in [3.05, 3.63) is 83.4 Å².